The minimum absolute atomic E-state index is 0.0335. The molecule has 8 heteroatoms. The van der Waals surface area contributed by atoms with E-state index < -0.39 is 15.8 Å². The molecule has 2 aromatic carbocycles. The molecule has 0 radical (unpaired) electrons. The molecule has 0 aliphatic rings. The molecule has 0 unspecified atom stereocenters. The van der Waals surface area contributed by atoms with Crippen LogP contribution >= 0.6 is 34.8 Å². The van der Waals surface area contributed by atoms with Crippen LogP contribution in [0.5, 0.6) is 0 Å². The maximum Gasteiger partial charge on any atom is 0.263 e. The van der Waals surface area contributed by atoms with Crippen molar-refractivity contribution in [3.63, 3.8) is 0 Å². The molecule has 0 aliphatic heterocycles. The van der Waals surface area contributed by atoms with Crippen LogP contribution in [0.2, 0.25) is 15.1 Å². The average Bonchev–Trinajstić information content (AvgIpc) is 2.37. The largest absolute Gasteiger partial charge is 0.277 e. The third-order valence-electron chi connectivity index (χ3n) is 2.63. The van der Waals surface area contributed by atoms with Crippen LogP contribution in [0.4, 0.5) is 10.1 Å². The summed E-state index contributed by atoms with van der Waals surface area (Å²) < 4.78 is 40.4. The first-order valence-electron chi connectivity index (χ1n) is 5.64. The molecule has 112 valence electrons. The van der Waals surface area contributed by atoms with E-state index in [0.29, 0.717) is 5.56 Å². The van der Waals surface area contributed by atoms with Crippen LogP contribution in [0.3, 0.4) is 0 Å². The van der Waals surface area contributed by atoms with E-state index in [9.17, 15) is 12.8 Å². The third kappa shape index (κ3) is 3.61. The summed E-state index contributed by atoms with van der Waals surface area (Å²) in [6.45, 7) is 1.71. The highest BCUT2D eigenvalue weighted by Crippen LogP contribution is 2.32. The summed E-state index contributed by atoms with van der Waals surface area (Å²) in [4.78, 5) is -0.278. The number of hydrogen-bond donors (Lipinski definition) is 1. The van der Waals surface area contributed by atoms with E-state index in [1.807, 2.05) is 0 Å². The number of nitrogens with one attached hydrogen (secondary N) is 1. The standard InChI is InChI=1S/C13H9Cl3FNO2S/c1-7-2-3-11(17)12(4-7)18-21(19,20)13-6-9(15)8(14)5-10(13)16/h2-6,18H,1H3. The average molecular weight is 369 g/mol. The van der Waals surface area contributed by atoms with Crippen LogP contribution in [0.15, 0.2) is 35.2 Å². The Kier molecular flexibility index (Phi) is 4.68. The molecule has 0 saturated carbocycles. The Morgan fingerprint density at radius 2 is 1.62 bits per heavy atom. The molecule has 0 fully saturated rings. The third-order valence-corrected chi connectivity index (χ3v) is 5.18. The maximum absolute atomic E-state index is 13.7. The number of sulfonamides is 1. The van der Waals surface area contributed by atoms with E-state index in [1.54, 1.807) is 6.92 Å². The summed E-state index contributed by atoms with van der Waals surface area (Å²) >= 11 is 17.4. The molecule has 0 saturated heterocycles. The Balaban J connectivity index is 2.48. The van der Waals surface area contributed by atoms with Gasteiger partial charge < -0.3 is 0 Å². The fourth-order valence-electron chi connectivity index (χ4n) is 1.63. The lowest BCUT2D eigenvalue weighted by Gasteiger charge is -2.11. The second kappa shape index (κ2) is 6.01. The van der Waals surface area contributed by atoms with Crippen LogP contribution in [-0.2, 0) is 10.0 Å². The van der Waals surface area contributed by atoms with Crippen LogP contribution in [-0.4, -0.2) is 8.42 Å². The van der Waals surface area contributed by atoms with Gasteiger partial charge in [-0.1, -0.05) is 40.9 Å². The molecule has 0 atom stereocenters. The first-order valence-corrected chi connectivity index (χ1v) is 8.26. The van der Waals surface area contributed by atoms with Crippen molar-refractivity contribution < 1.29 is 12.8 Å². The van der Waals surface area contributed by atoms with Gasteiger partial charge in [0.05, 0.1) is 20.8 Å². The predicted molar refractivity (Wildman–Crippen MR) is 83.4 cm³/mol. The molecule has 0 bridgehead atoms. The van der Waals surface area contributed by atoms with Gasteiger partial charge in [0.25, 0.3) is 10.0 Å². The minimum Gasteiger partial charge on any atom is -0.277 e. The molecule has 3 nitrogen and oxygen atoms in total. The van der Waals surface area contributed by atoms with E-state index in [4.69, 9.17) is 34.8 Å². The SMILES string of the molecule is Cc1ccc(F)c(NS(=O)(=O)c2cc(Cl)c(Cl)cc2Cl)c1. The summed E-state index contributed by atoms with van der Waals surface area (Å²) in [5, 5.41) is 0.0541. The molecule has 0 amide bonds. The number of anilines is 1. The normalized spacial score (nSPS) is 11.5. The van der Waals surface area contributed by atoms with Crippen LogP contribution in [0, 0.1) is 12.7 Å². The summed E-state index contributed by atoms with van der Waals surface area (Å²) in [6, 6.07) is 6.40. The molecular formula is C13H9Cl3FNO2S. The summed E-state index contributed by atoms with van der Waals surface area (Å²) in [6.07, 6.45) is 0. The molecule has 2 aromatic rings. The highest BCUT2D eigenvalue weighted by molar-refractivity contribution is 7.92. The number of aryl methyl sites for hydroxylation is 1. The van der Waals surface area contributed by atoms with E-state index in [-0.39, 0.29) is 25.7 Å². The quantitative estimate of drug-likeness (QED) is 0.784. The Hall–Kier alpha value is -1.01. The number of halogens is 4. The van der Waals surface area contributed by atoms with Gasteiger partial charge in [0.2, 0.25) is 0 Å². The van der Waals surface area contributed by atoms with Crippen molar-refractivity contribution >= 4 is 50.5 Å². The predicted octanol–water partition coefficient (Wildman–Crippen LogP) is 4.90. The van der Waals surface area contributed by atoms with Gasteiger partial charge in [0.15, 0.2) is 0 Å². The van der Waals surface area contributed by atoms with Crippen molar-refractivity contribution in [3.05, 3.63) is 56.8 Å². The number of rotatable bonds is 3. The van der Waals surface area contributed by atoms with Crippen LogP contribution < -0.4 is 4.72 Å². The minimum atomic E-state index is -4.09. The van der Waals surface area contributed by atoms with E-state index in [2.05, 4.69) is 4.72 Å². The van der Waals surface area contributed by atoms with Crippen LogP contribution in [0.1, 0.15) is 5.56 Å². The van der Waals surface area contributed by atoms with E-state index in [0.717, 1.165) is 6.07 Å². The summed E-state index contributed by atoms with van der Waals surface area (Å²) in [7, 11) is -4.09. The van der Waals surface area contributed by atoms with Crippen molar-refractivity contribution in [2.45, 2.75) is 11.8 Å². The van der Waals surface area contributed by atoms with Gasteiger partial charge in [-0.15, -0.1) is 0 Å². The zero-order valence-corrected chi connectivity index (χ0v) is 13.7. The highest BCUT2D eigenvalue weighted by atomic mass is 35.5. The van der Waals surface area contributed by atoms with Gasteiger partial charge in [0.1, 0.15) is 10.7 Å². The second-order valence-corrected chi connectivity index (χ2v) is 7.16. The molecule has 2 rings (SSSR count). The lowest BCUT2D eigenvalue weighted by Crippen LogP contribution is -2.14. The zero-order valence-electron chi connectivity index (χ0n) is 10.6. The molecule has 0 heterocycles. The smallest absolute Gasteiger partial charge is 0.263 e. The fourth-order valence-corrected chi connectivity index (χ4v) is 3.69. The first kappa shape index (κ1) is 16.4. The van der Waals surface area contributed by atoms with Crippen LogP contribution in [0.25, 0.3) is 0 Å². The lowest BCUT2D eigenvalue weighted by atomic mass is 10.2. The van der Waals surface area contributed by atoms with Gasteiger partial charge in [0, 0.05) is 0 Å². The molecule has 1 N–H and O–H groups in total. The second-order valence-electron chi connectivity index (χ2n) is 4.29. The topological polar surface area (TPSA) is 46.2 Å². The molecular weight excluding hydrogens is 360 g/mol. The Morgan fingerprint density at radius 1 is 1.00 bits per heavy atom. The van der Waals surface area contributed by atoms with Gasteiger partial charge >= 0.3 is 0 Å². The zero-order chi connectivity index (χ0) is 15.8. The van der Waals surface area contributed by atoms with Crippen molar-refractivity contribution in [1.29, 1.82) is 0 Å². The van der Waals surface area contributed by atoms with Crippen molar-refractivity contribution in [2.24, 2.45) is 0 Å². The first-order chi connectivity index (χ1) is 9.70. The van der Waals surface area contributed by atoms with E-state index >= 15 is 0 Å². The van der Waals surface area contributed by atoms with Crippen molar-refractivity contribution in [1.82, 2.24) is 0 Å². The molecule has 0 spiro atoms. The fraction of sp³-hybridized carbons (Fsp3) is 0.0769. The molecule has 21 heavy (non-hydrogen) atoms. The summed E-state index contributed by atoms with van der Waals surface area (Å²) in [5.41, 5.74) is 0.534. The molecule has 0 aromatic heterocycles. The van der Waals surface area contributed by atoms with E-state index in [1.165, 1.54) is 24.3 Å². The van der Waals surface area contributed by atoms with Gasteiger partial charge in [-0.2, -0.15) is 0 Å². The Labute approximate surface area is 136 Å². The Bertz CT molecular complexity index is 809. The van der Waals surface area contributed by atoms with Gasteiger partial charge in [-0.05, 0) is 36.8 Å². The molecule has 0 aliphatic carbocycles. The lowest BCUT2D eigenvalue weighted by molar-refractivity contribution is 0.598. The summed E-state index contributed by atoms with van der Waals surface area (Å²) in [5.74, 6) is -0.694. The monoisotopic (exact) mass is 367 g/mol. The number of hydrogen-bond acceptors (Lipinski definition) is 2. The van der Waals surface area contributed by atoms with Gasteiger partial charge in [-0.25, -0.2) is 12.8 Å². The maximum atomic E-state index is 13.7. The number of benzene rings is 2. The van der Waals surface area contributed by atoms with Gasteiger partial charge in [-0.3, -0.25) is 4.72 Å². The van der Waals surface area contributed by atoms with Crippen molar-refractivity contribution in [2.75, 3.05) is 4.72 Å². The highest BCUT2D eigenvalue weighted by Gasteiger charge is 2.21. The Morgan fingerprint density at radius 3 is 2.29 bits per heavy atom. The van der Waals surface area contributed by atoms with Crippen molar-refractivity contribution in [3.8, 4) is 0 Å².